The molecule has 1 fully saturated rings. The Kier molecular flexibility index (Phi) is 13.7. The van der Waals surface area contributed by atoms with Crippen LogP contribution >= 0.6 is 0 Å². The normalized spacial score (nSPS) is 19.4. The van der Waals surface area contributed by atoms with E-state index in [0.717, 1.165) is 35.1 Å². The van der Waals surface area contributed by atoms with E-state index in [2.05, 4.69) is 10.2 Å². The third kappa shape index (κ3) is 10.4. The molecule has 5 N–H and O–H groups in total. The quantitative estimate of drug-likeness (QED) is 0.0785. The van der Waals surface area contributed by atoms with Gasteiger partial charge in [-0.2, -0.15) is 0 Å². The van der Waals surface area contributed by atoms with Gasteiger partial charge in [-0.05, 0) is 55.6 Å². The van der Waals surface area contributed by atoms with E-state index in [1.54, 1.807) is 5.48 Å². The van der Waals surface area contributed by atoms with Crippen LogP contribution in [0, 0.1) is 0 Å². The summed E-state index contributed by atoms with van der Waals surface area (Å²) in [6.07, 6.45) is 2.58. The fourth-order valence-electron chi connectivity index (χ4n) is 5.62. The van der Waals surface area contributed by atoms with E-state index < -0.39 is 18.3 Å². The van der Waals surface area contributed by atoms with Crippen LogP contribution in [0.4, 0.5) is 5.69 Å². The molecule has 1 saturated heterocycles. The molecule has 1 heterocycles. The third-order valence-electron chi connectivity index (χ3n) is 8.55. The Morgan fingerprint density at radius 3 is 2.13 bits per heavy atom. The Balaban J connectivity index is 1.37. The van der Waals surface area contributed by atoms with Gasteiger partial charge in [0.25, 0.3) is 0 Å². The zero-order valence-electron chi connectivity index (χ0n) is 26.7. The molecule has 1 aliphatic heterocycles. The summed E-state index contributed by atoms with van der Waals surface area (Å²) in [5.41, 5.74) is 5.83. The summed E-state index contributed by atoms with van der Waals surface area (Å²) >= 11 is 0. The van der Waals surface area contributed by atoms with E-state index in [-0.39, 0.29) is 37.2 Å². The largest absolute Gasteiger partial charge is 0.392 e. The second-order valence-corrected chi connectivity index (χ2v) is 12.0. The van der Waals surface area contributed by atoms with Crippen LogP contribution in [0.25, 0.3) is 0 Å². The fourth-order valence-corrected chi connectivity index (χ4v) is 5.62. The van der Waals surface area contributed by atoms with Gasteiger partial charge in [-0.25, -0.2) is 5.48 Å². The maximum absolute atomic E-state index is 12.5. The van der Waals surface area contributed by atoms with E-state index >= 15 is 0 Å². The predicted octanol–water partition coefficient (Wildman–Crippen LogP) is 5.56. The van der Waals surface area contributed by atoms with E-state index in [0.29, 0.717) is 37.9 Å². The first kappa shape index (κ1) is 35.2. The maximum Gasteiger partial charge on any atom is 0.243 e. The summed E-state index contributed by atoms with van der Waals surface area (Å²) in [7, 11) is 1.99. The van der Waals surface area contributed by atoms with E-state index in [1.807, 2.05) is 92.8 Å². The zero-order valence-corrected chi connectivity index (χ0v) is 26.7. The molecule has 46 heavy (non-hydrogen) atoms. The van der Waals surface area contributed by atoms with Crippen molar-refractivity contribution in [1.82, 2.24) is 10.4 Å². The molecule has 0 unspecified atom stereocenters. The van der Waals surface area contributed by atoms with Crippen LogP contribution < -0.4 is 10.8 Å². The highest BCUT2D eigenvalue weighted by Gasteiger charge is 2.34. The van der Waals surface area contributed by atoms with Crippen LogP contribution in [0.3, 0.4) is 0 Å². The van der Waals surface area contributed by atoms with Crippen LogP contribution in [0.5, 0.6) is 0 Å². The number of hydrogen-bond acceptors (Lipinski definition) is 8. The summed E-state index contributed by atoms with van der Waals surface area (Å²) in [6, 6.07) is 24.7. The lowest BCUT2D eigenvalue weighted by Crippen LogP contribution is -2.43. The summed E-state index contributed by atoms with van der Waals surface area (Å²) in [4.78, 5) is 25.7. The van der Waals surface area contributed by atoms with Gasteiger partial charge in [0.15, 0.2) is 6.29 Å². The van der Waals surface area contributed by atoms with E-state index in [4.69, 9.17) is 14.7 Å². The van der Waals surface area contributed by atoms with Crippen molar-refractivity contribution in [3.8, 4) is 0 Å². The topological polar surface area (TPSA) is 141 Å². The molecule has 0 spiro atoms. The van der Waals surface area contributed by atoms with Gasteiger partial charge < -0.3 is 25.0 Å². The molecule has 0 radical (unpaired) electrons. The van der Waals surface area contributed by atoms with Gasteiger partial charge in [0.2, 0.25) is 11.8 Å². The van der Waals surface area contributed by atoms with Gasteiger partial charge in [-0.15, -0.1) is 0 Å². The van der Waals surface area contributed by atoms with E-state index in [1.165, 1.54) is 0 Å². The van der Waals surface area contributed by atoms with Gasteiger partial charge in [0, 0.05) is 43.1 Å². The molecule has 4 rings (SSSR count). The van der Waals surface area contributed by atoms with Crippen LogP contribution in [0.15, 0.2) is 78.9 Å². The van der Waals surface area contributed by atoms with Crippen LogP contribution in [-0.2, 0) is 25.7 Å². The molecule has 0 aromatic heterocycles. The number of nitrogens with zero attached hydrogens (tertiary/aromatic N) is 1. The summed E-state index contributed by atoms with van der Waals surface area (Å²) in [5, 5.41) is 32.0. The Bertz CT molecular complexity index is 1350. The van der Waals surface area contributed by atoms with Crippen molar-refractivity contribution in [3.05, 3.63) is 101 Å². The van der Waals surface area contributed by atoms with Crippen LogP contribution in [0.2, 0.25) is 0 Å². The molecule has 3 aromatic carbocycles. The molecule has 0 bridgehead atoms. The van der Waals surface area contributed by atoms with Crippen molar-refractivity contribution in [2.45, 2.75) is 89.1 Å². The smallest absolute Gasteiger partial charge is 0.243 e. The monoisotopic (exact) mass is 633 g/mol. The van der Waals surface area contributed by atoms with Gasteiger partial charge in [0.05, 0.1) is 24.9 Å². The lowest BCUT2D eigenvalue weighted by Gasteiger charge is -2.39. The second kappa shape index (κ2) is 17.9. The SMILES string of the molecule is C[C@H]([C@@H](O)c1ccccc1)N(C)C[C@@H]1C[C@H](c2ccc(CO)cc2)O[C@H](c2ccc(NC(=O)CCCCCCC(=O)NO)cc2)O1. The molecule has 5 atom stereocenters. The Hall–Kier alpha value is -3.64. The maximum atomic E-state index is 12.5. The Morgan fingerprint density at radius 2 is 1.50 bits per heavy atom. The van der Waals surface area contributed by atoms with Crippen LogP contribution in [0.1, 0.15) is 92.6 Å². The molecular weight excluding hydrogens is 586 g/mol. The highest BCUT2D eigenvalue weighted by atomic mass is 16.7. The number of anilines is 1. The molecule has 248 valence electrons. The number of rotatable bonds is 16. The first-order chi connectivity index (χ1) is 22.3. The van der Waals surface area contributed by atoms with Gasteiger partial charge >= 0.3 is 0 Å². The zero-order chi connectivity index (χ0) is 32.9. The number of benzene rings is 3. The van der Waals surface area contributed by atoms with Crippen molar-refractivity contribution in [2.75, 3.05) is 18.9 Å². The number of carbonyl (C=O) groups is 2. The molecular formula is C36H47N3O7. The number of aliphatic hydroxyl groups excluding tert-OH is 2. The predicted molar refractivity (Wildman–Crippen MR) is 175 cm³/mol. The minimum atomic E-state index is -0.647. The molecule has 10 heteroatoms. The first-order valence-electron chi connectivity index (χ1n) is 16.0. The third-order valence-corrected chi connectivity index (χ3v) is 8.55. The average molecular weight is 634 g/mol. The summed E-state index contributed by atoms with van der Waals surface area (Å²) in [6.45, 7) is 2.56. The standard InChI is InChI=1S/C36H47N3O7/c1-25(35(43)28-10-6-5-7-11-28)39(2)23-31-22-32(27-16-14-26(24-40)15-17-27)46-36(45-31)29-18-20-30(21-19-29)37-33(41)12-8-3-4-9-13-34(42)38-44/h5-7,10-11,14-21,25,31-32,35-36,40,43-44H,3-4,8-9,12-13,22-24H2,1-2H3,(H,37,41)(H,38,42)/t25-,31+,32-,35-,36-/m1/s1. The lowest BCUT2D eigenvalue weighted by molar-refractivity contribution is -0.253. The number of ether oxygens (including phenoxy) is 2. The summed E-state index contributed by atoms with van der Waals surface area (Å²) in [5.74, 6) is -0.471. The number of unbranched alkanes of at least 4 members (excludes halogenated alkanes) is 3. The Morgan fingerprint density at radius 1 is 0.870 bits per heavy atom. The van der Waals surface area contributed by atoms with Gasteiger partial charge in [-0.1, -0.05) is 79.6 Å². The van der Waals surface area contributed by atoms with Crippen molar-refractivity contribution in [3.63, 3.8) is 0 Å². The highest BCUT2D eigenvalue weighted by Crippen LogP contribution is 2.38. The van der Waals surface area contributed by atoms with Crippen molar-refractivity contribution >= 4 is 17.5 Å². The van der Waals surface area contributed by atoms with Crippen molar-refractivity contribution in [2.24, 2.45) is 0 Å². The molecule has 2 amide bonds. The number of likely N-dealkylation sites (N-methyl/N-ethyl adjacent to an activating group) is 1. The minimum absolute atomic E-state index is 0.0268. The number of hydrogen-bond donors (Lipinski definition) is 5. The Labute approximate surface area is 271 Å². The van der Waals surface area contributed by atoms with Crippen LogP contribution in [-0.4, -0.2) is 57.9 Å². The molecule has 3 aromatic rings. The van der Waals surface area contributed by atoms with E-state index in [9.17, 15) is 19.8 Å². The summed E-state index contributed by atoms with van der Waals surface area (Å²) < 4.78 is 13.0. The fraction of sp³-hybridized carbons (Fsp3) is 0.444. The average Bonchev–Trinajstić information content (AvgIpc) is 3.09. The molecule has 10 nitrogen and oxygen atoms in total. The van der Waals surface area contributed by atoms with Crippen molar-refractivity contribution < 1.29 is 34.5 Å². The van der Waals surface area contributed by atoms with Gasteiger partial charge in [-0.3, -0.25) is 19.7 Å². The first-order valence-corrected chi connectivity index (χ1v) is 16.0. The molecule has 0 saturated carbocycles. The molecule has 0 aliphatic carbocycles. The number of aliphatic hydroxyl groups is 2. The van der Waals surface area contributed by atoms with Gasteiger partial charge in [0.1, 0.15) is 0 Å². The number of carbonyl (C=O) groups excluding carboxylic acids is 2. The lowest BCUT2D eigenvalue weighted by atomic mass is 9.98. The number of amides is 2. The minimum Gasteiger partial charge on any atom is -0.392 e. The highest BCUT2D eigenvalue weighted by molar-refractivity contribution is 5.90. The van der Waals surface area contributed by atoms with Crippen molar-refractivity contribution in [1.29, 1.82) is 0 Å². The molecule has 1 aliphatic rings. The number of nitrogens with one attached hydrogen (secondary N) is 2. The number of hydroxylamine groups is 1. The second-order valence-electron chi connectivity index (χ2n) is 12.0.